The quantitative estimate of drug-likeness (QED) is 0.737. The van der Waals surface area contributed by atoms with Crippen LogP contribution in [0.4, 0.5) is 0 Å². The molecule has 2 rings (SSSR count). The Kier molecular flexibility index (Phi) is 3.79. The molecule has 0 spiro atoms. The highest BCUT2D eigenvalue weighted by Crippen LogP contribution is 2.16. The molecule has 100 valence electrons. The number of hydrogen-bond donors (Lipinski definition) is 2. The Morgan fingerprint density at radius 3 is 2.58 bits per heavy atom. The van der Waals surface area contributed by atoms with Crippen molar-refractivity contribution in [3.8, 4) is 0 Å². The van der Waals surface area contributed by atoms with Crippen LogP contribution in [0, 0.1) is 0 Å². The van der Waals surface area contributed by atoms with E-state index < -0.39 is 18.1 Å². The molecule has 3 N–H and O–H groups in total. The summed E-state index contributed by atoms with van der Waals surface area (Å²) in [6.07, 6.45) is 0. The number of carbonyl (C=O) groups is 2. The molecule has 0 fully saturated rings. The average molecular weight is 261 g/mol. The van der Waals surface area contributed by atoms with Gasteiger partial charge in [0.2, 0.25) is 0 Å². The van der Waals surface area contributed by atoms with E-state index in [1.54, 1.807) is 31.2 Å². The lowest BCUT2D eigenvalue weighted by molar-refractivity contribution is -0.147. The molecule has 19 heavy (non-hydrogen) atoms. The van der Waals surface area contributed by atoms with E-state index in [9.17, 15) is 9.59 Å². The van der Waals surface area contributed by atoms with Crippen molar-refractivity contribution in [1.82, 2.24) is 5.32 Å². The molecule has 0 unspecified atom stereocenters. The summed E-state index contributed by atoms with van der Waals surface area (Å²) >= 11 is 0. The number of benzene rings is 1. The molecule has 6 heteroatoms. The second-order valence-electron chi connectivity index (χ2n) is 4.06. The number of aliphatic imine (C=N–C) groups is 1. The summed E-state index contributed by atoms with van der Waals surface area (Å²) in [7, 11) is 0. The van der Waals surface area contributed by atoms with E-state index in [0.29, 0.717) is 5.56 Å². The largest absolute Gasteiger partial charge is 0.464 e. The molecular weight excluding hydrogens is 246 g/mol. The van der Waals surface area contributed by atoms with Crippen molar-refractivity contribution in [3.63, 3.8) is 0 Å². The predicted octanol–water partition coefficient (Wildman–Crippen LogP) is 0.146. The van der Waals surface area contributed by atoms with Gasteiger partial charge in [0, 0.05) is 0 Å². The Morgan fingerprint density at radius 2 is 2.05 bits per heavy atom. The normalized spacial score (nSPS) is 18.2. The molecule has 6 nitrogen and oxygen atoms in total. The fourth-order valence-corrected chi connectivity index (χ4v) is 1.68. The molecule has 0 saturated heterocycles. The Balaban J connectivity index is 2.10. The molecule has 1 aliphatic heterocycles. The smallest absolute Gasteiger partial charge is 0.333 e. The molecule has 1 heterocycles. The molecule has 1 aromatic rings. The van der Waals surface area contributed by atoms with Crippen LogP contribution in [0.1, 0.15) is 18.5 Å². The number of amides is 1. The molecule has 0 radical (unpaired) electrons. The SMILES string of the molecule is CCOC(=O)[C@H](NC(=O)[C@H]1N=C1N)c1ccccc1. The first-order valence-corrected chi connectivity index (χ1v) is 5.98. The highest BCUT2D eigenvalue weighted by atomic mass is 16.5. The first-order valence-electron chi connectivity index (χ1n) is 5.98. The Hall–Kier alpha value is -2.37. The highest BCUT2D eigenvalue weighted by molar-refractivity contribution is 6.16. The van der Waals surface area contributed by atoms with Crippen LogP contribution in [0.2, 0.25) is 0 Å². The zero-order valence-corrected chi connectivity index (χ0v) is 10.5. The maximum Gasteiger partial charge on any atom is 0.333 e. The topological polar surface area (TPSA) is 93.8 Å². The number of amidine groups is 1. The number of esters is 1. The van der Waals surface area contributed by atoms with E-state index in [2.05, 4.69) is 10.3 Å². The van der Waals surface area contributed by atoms with Crippen molar-refractivity contribution in [1.29, 1.82) is 0 Å². The van der Waals surface area contributed by atoms with Gasteiger partial charge < -0.3 is 15.8 Å². The lowest BCUT2D eigenvalue weighted by Gasteiger charge is -2.17. The predicted molar refractivity (Wildman–Crippen MR) is 69.4 cm³/mol. The number of nitrogens with two attached hydrogens (primary N) is 1. The summed E-state index contributed by atoms with van der Waals surface area (Å²) in [6.45, 7) is 1.96. The summed E-state index contributed by atoms with van der Waals surface area (Å²) in [4.78, 5) is 27.4. The van der Waals surface area contributed by atoms with E-state index in [1.807, 2.05) is 6.07 Å². The number of hydrogen-bond acceptors (Lipinski definition) is 5. The molecule has 1 aromatic carbocycles. The van der Waals surface area contributed by atoms with Crippen LogP contribution in [-0.4, -0.2) is 30.4 Å². The van der Waals surface area contributed by atoms with Crippen molar-refractivity contribution in [2.45, 2.75) is 19.0 Å². The molecule has 0 aliphatic carbocycles. The minimum atomic E-state index is -0.836. The fraction of sp³-hybridized carbons (Fsp3) is 0.308. The van der Waals surface area contributed by atoms with Gasteiger partial charge in [0.1, 0.15) is 5.84 Å². The fourth-order valence-electron chi connectivity index (χ4n) is 1.68. The monoisotopic (exact) mass is 261 g/mol. The van der Waals surface area contributed by atoms with Crippen molar-refractivity contribution in [2.75, 3.05) is 6.61 Å². The minimum Gasteiger partial charge on any atom is -0.464 e. The van der Waals surface area contributed by atoms with Crippen LogP contribution in [0.5, 0.6) is 0 Å². The van der Waals surface area contributed by atoms with Gasteiger partial charge in [-0.2, -0.15) is 0 Å². The van der Waals surface area contributed by atoms with Crippen LogP contribution >= 0.6 is 0 Å². The van der Waals surface area contributed by atoms with Gasteiger partial charge in [0.05, 0.1) is 6.61 Å². The third-order valence-corrected chi connectivity index (χ3v) is 2.68. The van der Waals surface area contributed by atoms with E-state index in [4.69, 9.17) is 10.5 Å². The van der Waals surface area contributed by atoms with Crippen LogP contribution in [0.15, 0.2) is 35.3 Å². The minimum absolute atomic E-state index is 0.250. The van der Waals surface area contributed by atoms with Gasteiger partial charge in [0.25, 0.3) is 5.91 Å². The summed E-state index contributed by atoms with van der Waals surface area (Å²) in [5.41, 5.74) is 6.05. The third-order valence-electron chi connectivity index (χ3n) is 2.68. The zero-order valence-electron chi connectivity index (χ0n) is 10.5. The summed E-state index contributed by atoms with van der Waals surface area (Å²) in [6, 6.07) is 7.43. The van der Waals surface area contributed by atoms with Crippen molar-refractivity contribution < 1.29 is 14.3 Å². The van der Waals surface area contributed by atoms with Gasteiger partial charge in [-0.05, 0) is 12.5 Å². The third kappa shape index (κ3) is 3.09. The standard InChI is InChI=1S/C13H15N3O3/c1-2-19-13(18)9(8-6-4-3-5-7-8)16-12(17)10-11(14)15-10/h3-7,9-10H,2H2,1H3,(H2,14,15)(H,16,17)/t9-,10+/m1/s1. The van der Waals surface area contributed by atoms with E-state index in [0.717, 1.165) is 0 Å². The second kappa shape index (κ2) is 5.51. The highest BCUT2D eigenvalue weighted by Gasteiger charge is 2.35. The van der Waals surface area contributed by atoms with Gasteiger partial charge >= 0.3 is 5.97 Å². The van der Waals surface area contributed by atoms with Gasteiger partial charge in [-0.1, -0.05) is 30.3 Å². The van der Waals surface area contributed by atoms with Gasteiger partial charge in [0.15, 0.2) is 12.1 Å². The van der Waals surface area contributed by atoms with Crippen molar-refractivity contribution >= 4 is 17.7 Å². The molecule has 0 aromatic heterocycles. The molecular formula is C13H15N3O3. The van der Waals surface area contributed by atoms with Gasteiger partial charge in [-0.15, -0.1) is 0 Å². The number of carbonyl (C=O) groups excluding carboxylic acids is 2. The van der Waals surface area contributed by atoms with Crippen LogP contribution in [-0.2, 0) is 14.3 Å². The lowest BCUT2D eigenvalue weighted by atomic mass is 10.1. The Morgan fingerprint density at radius 1 is 1.42 bits per heavy atom. The van der Waals surface area contributed by atoms with Crippen LogP contribution in [0.3, 0.4) is 0 Å². The lowest BCUT2D eigenvalue weighted by Crippen LogP contribution is -2.39. The Bertz CT molecular complexity index is 513. The first kappa shape index (κ1) is 13.1. The van der Waals surface area contributed by atoms with Crippen LogP contribution in [0.25, 0.3) is 0 Å². The second-order valence-corrected chi connectivity index (χ2v) is 4.06. The Labute approximate surface area is 110 Å². The van der Waals surface area contributed by atoms with Crippen molar-refractivity contribution in [3.05, 3.63) is 35.9 Å². The zero-order chi connectivity index (χ0) is 13.8. The van der Waals surface area contributed by atoms with E-state index >= 15 is 0 Å². The number of ether oxygens (including phenoxy) is 1. The molecule has 1 aliphatic rings. The van der Waals surface area contributed by atoms with E-state index in [1.165, 1.54) is 0 Å². The maximum atomic E-state index is 11.9. The molecule has 0 bridgehead atoms. The molecule has 0 saturated carbocycles. The summed E-state index contributed by atoms with van der Waals surface area (Å²) in [5, 5.41) is 2.60. The summed E-state index contributed by atoms with van der Waals surface area (Å²) in [5.74, 6) is -0.603. The first-order chi connectivity index (χ1) is 9.13. The molecule has 2 atom stereocenters. The van der Waals surface area contributed by atoms with Gasteiger partial charge in [-0.25, -0.2) is 9.79 Å². The molecule has 1 amide bonds. The van der Waals surface area contributed by atoms with Crippen molar-refractivity contribution in [2.24, 2.45) is 10.7 Å². The maximum absolute atomic E-state index is 11.9. The number of nitrogens with one attached hydrogen (secondary N) is 1. The van der Waals surface area contributed by atoms with E-state index in [-0.39, 0.29) is 18.3 Å². The number of nitrogens with zero attached hydrogens (tertiary/aromatic N) is 1. The van der Waals surface area contributed by atoms with Crippen LogP contribution < -0.4 is 11.1 Å². The summed E-state index contributed by atoms with van der Waals surface area (Å²) < 4.78 is 4.96. The number of rotatable bonds is 5. The van der Waals surface area contributed by atoms with Gasteiger partial charge in [-0.3, -0.25) is 4.79 Å². The average Bonchev–Trinajstić information content (AvgIpc) is 3.14.